The SMILES string of the molecule is Cn1ccc(-c2nc(C(=O)NCCCO)ccc2Oc2ccc(C(F)(F)F)cc2)n1. The number of nitrogens with zero attached hydrogens (tertiary/aromatic N) is 3. The third-order valence-corrected chi connectivity index (χ3v) is 4.08. The van der Waals surface area contributed by atoms with E-state index < -0.39 is 17.6 Å². The number of benzene rings is 1. The van der Waals surface area contributed by atoms with Crippen LogP contribution in [0.4, 0.5) is 13.2 Å². The molecular weight excluding hydrogens is 401 g/mol. The van der Waals surface area contributed by atoms with E-state index in [0.29, 0.717) is 18.7 Å². The number of amides is 1. The third kappa shape index (κ3) is 5.15. The first-order valence-electron chi connectivity index (χ1n) is 9.03. The Labute approximate surface area is 170 Å². The molecule has 0 aliphatic rings. The predicted molar refractivity (Wildman–Crippen MR) is 102 cm³/mol. The highest BCUT2D eigenvalue weighted by atomic mass is 19.4. The van der Waals surface area contributed by atoms with Crippen LogP contribution in [-0.4, -0.2) is 38.9 Å². The number of carbonyl (C=O) groups is 1. The molecule has 0 radical (unpaired) electrons. The van der Waals surface area contributed by atoms with Crippen molar-refractivity contribution in [2.75, 3.05) is 13.2 Å². The van der Waals surface area contributed by atoms with E-state index in [-0.39, 0.29) is 29.5 Å². The summed E-state index contributed by atoms with van der Waals surface area (Å²) in [6.45, 7) is 0.243. The van der Waals surface area contributed by atoms with Crippen molar-refractivity contribution >= 4 is 5.91 Å². The fourth-order valence-electron chi connectivity index (χ4n) is 2.59. The predicted octanol–water partition coefficient (Wildman–Crippen LogP) is 3.41. The summed E-state index contributed by atoms with van der Waals surface area (Å²) in [6.07, 6.45) is -2.34. The van der Waals surface area contributed by atoms with Crippen LogP contribution in [0.5, 0.6) is 11.5 Å². The number of ether oxygens (including phenoxy) is 1. The first kappa shape index (κ1) is 21.3. The summed E-state index contributed by atoms with van der Waals surface area (Å²) in [6, 6.07) is 8.89. The number of pyridine rings is 1. The number of hydrogen-bond acceptors (Lipinski definition) is 5. The molecule has 10 heteroatoms. The van der Waals surface area contributed by atoms with Gasteiger partial charge in [0.1, 0.15) is 22.8 Å². The van der Waals surface area contributed by atoms with E-state index in [1.54, 1.807) is 24.0 Å². The van der Waals surface area contributed by atoms with E-state index in [4.69, 9.17) is 9.84 Å². The Kier molecular flexibility index (Phi) is 6.36. The first-order valence-corrected chi connectivity index (χ1v) is 9.03. The van der Waals surface area contributed by atoms with Gasteiger partial charge in [-0.1, -0.05) is 0 Å². The zero-order valence-corrected chi connectivity index (χ0v) is 16.0. The maximum absolute atomic E-state index is 12.8. The zero-order valence-electron chi connectivity index (χ0n) is 16.0. The highest BCUT2D eigenvalue weighted by Gasteiger charge is 2.30. The van der Waals surface area contributed by atoms with E-state index >= 15 is 0 Å². The number of nitrogens with one attached hydrogen (secondary N) is 1. The quantitative estimate of drug-likeness (QED) is 0.572. The van der Waals surface area contributed by atoms with Crippen molar-refractivity contribution in [1.82, 2.24) is 20.1 Å². The molecule has 0 aliphatic heterocycles. The van der Waals surface area contributed by atoms with Gasteiger partial charge in [0.05, 0.1) is 5.56 Å². The van der Waals surface area contributed by atoms with Crippen molar-refractivity contribution in [3.8, 4) is 22.9 Å². The van der Waals surface area contributed by atoms with Gasteiger partial charge in [0.15, 0.2) is 5.75 Å². The van der Waals surface area contributed by atoms with Crippen molar-refractivity contribution in [1.29, 1.82) is 0 Å². The lowest BCUT2D eigenvalue weighted by atomic mass is 10.2. The molecule has 0 unspecified atom stereocenters. The molecule has 158 valence electrons. The number of rotatable bonds is 7. The summed E-state index contributed by atoms with van der Waals surface area (Å²) in [7, 11) is 1.71. The Morgan fingerprint density at radius 3 is 2.50 bits per heavy atom. The average Bonchev–Trinajstić information content (AvgIpc) is 3.14. The molecule has 0 bridgehead atoms. The molecule has 7 nitrogen and oxygen atoms in total. The Morgan fingerprint density at radius 1 is 1.17 bits per heavy atom. The van der Waals surface area contributed by atoms with Gasteiger partial charge in [-0.3, -0.25) is 9.48 Å². The van der Waals surface area contributed by atoms with Crippen LogP contribution in [0.15, 0.2) is 48.7 Å². The molecule has 0 atom stereocenters. The van der Waals surface area contributed by atoms with Gasteiger partial charge in [0.25, 0.3) is 5.91 Å². The Bertz CT molecular complexity index is 1020. The first-order chi connectivity index (χ1) is 14.3. The minimum Gasteiger partial charge on any atom is -0.455 e. The molecule has 3 rings (SSSR count). The van der Waals surface area contributed by atoms with Gasteiger partial charge in [-0.05, 0) is 48.9 Å². The normalized spacial score (nSPS) is 11.4. The standard InChI is InChI=1S/C20H19F3N4O3/c1-27-11-9-15(26-27)18-17(8-7-16(25-18)19(29)24-10-2-12-28)30-14-5-3-13(4-6-14)20(21,22)23/h3-9,11,28H,2,10,12H2,1H3,(H,24,29). The summed E-state index contributed by atoms with van der Waals surface area (Å²) >= 11 is 0. The number of aliphatic hydroxyl groups is 1. The minimum absolute atomic E-state index is 0.0488. The Morgan fingerprint density at radius 2 is 1.90 bits per heavy atom. The van der Waals surface area contributed by atoms with Crippen molar-refractivity contribution in [3.63, 3.8) is 0 Å². The molecule has 0 aliphatic carbocycles. The van der Waals surface area contributed by atoms with Gasteiger partial charge in [-0.25, -0.2) is 4.98 Å². The van der Waals surface area contributed by atoms with Crippen LogP contribution >= 0.6 is 0 Å². The van der Waals surface area contributed by atoms with Gasteiger partial charge < -0.3 is 15.2 Å². The number of carbonyl (C=O) groups excluding carboxylic acids is 1. The van der Waals surface area contributed by atoms with Crippen molar-refractivity contribution in [3.05, 3.63) is 59.9 Å². The highest BCUT2D eigenvalue weighted by Crippen LogP contribution is 2.34. The van der Waals surface area contributed by atoms with Crippen LogP contribution in [0.3, 0.4) is 0 Å². The fraction of sp³-hybridized carbons (Fsp3) is 0.250. The number of aromatic nitrogens is 3. The summed E-state index contributed by atoms with van der Waals surface area (Å²) in [5.74, 6) is -0.00999. The topological polar surface area (TPSA) is 89.3 Å². The maximum Gasteiger partial charge on any atom is 0.416 e. The van der Waals surface area contributed by atoms with Crippen LogP contribution in [0.2, 0.25) is 0 Å². The second-order valence-corrected chi connectivity index (χ2v) is 6.38. The minimum atomic E-state index is -4.44. The van der Waals surface area contributed by atoms with E-state index in [9.17, 15) is 18.0 Å². The monoisotopic (exact) mass is 420 g/mol. The lowest BCUT2D eigenvalue weighted by molar-refractivity contribution is -0.137. The summed E-state index contributed by atoms with van der Waals surface area (Å²) in [4.78, 5) is 16.6. The van der Waals surface area contributed by atoms with Crippen LogP contribution in [0, 0.1) is 0 Å². The molecule has 1 amide bonds. The molecule has 0 fully saturated rings. The maximum atomic E-state index is 12.8. The van der Waals surface area contributed by atoms with E-state index in [1.807, 2.05) is 0 Å². The van der Waals surface area contributed by atoms with E-state index in [0.717, 1.165) is 12.1 Å². The van der Waals surface area contributed by atoms with Gasteiger partial charge in [-0.15, -0.1) is 0 Å². The second-order valence-electron chi connectivity index (χ2n) is 6.38. The van der Waals surface area contributed by atoms with Gasteiger partial charge >= 0.3 is 6.18 Å². The van der Waals surface area contributed by atoms with Crippen LogP contribution < -0.4 is 10.1 Å². The van der Waals surface area contributed by atoms with Crippen LogP contribution in [0.1, 0.15) is 22.5 Å². The zero-order chi connectivity index (χ0) is 21.7. The lowest BCUT2D eigenvalue weighted by Crippen LogP contribution is -2.26. The van der Waals surface area contributed by atoms with Crippen LogP contribution in [-0.2, 0) is 13.2 Å². The number of aliphatic hydroxyl groups excluding tert-OH is 1. The molecule has 0 spiro atoms. The number of alkyl halides is 3. The lowest BCUT2D eigenvalue weighted by Gasteiger charge is -2.12. The largest absolute Gasteiger partial charge is 0.455 e. The molecule has 2 N–H and O–H groups in total. The summed E-state index contributed by atoms with van der Waals surface area (Å²) in [5, 5.41) is 15.7. The second kappa shape index (κ2) is 8.95. The average molecular weight is 420 g/mol. The summed E-state index contributed by atoms with van der Waals surface area (Å²) < 4.78 is 45.5. The van der Waals surface area contributed by atoms with Crippen LogP contribution in [0.25, 0.3) is 11.4 Å². The van der Waals surface area contributed by atoms with Gasteiger partial charge in [-0.2, -0.15) is 18.3 Å². The van der Waals surface area contributed by atoms with E-state index in [2.05, 4.69) is 15.4 Å². The molecule has 1 aromatic carbocycles. The third-order valence-electron chi connectivity index (χ3n) is 4.08. The van der Waals surface area contributed by atoms with Gasteiger partial charge in [0, 0.05) is 26.4 Å². The number of hydrogen-bond donors (Lipinski definition) is 2. The Hall–Kier alpha value is -3.40. The number of halogens is 3. The Balaban J connectivity index is 1.90. The molecular formula is C20H19F3N4O3. The molecule has 2 aromatic heterocycles. The molecule has 0 saturated carbocycles. The summed E-state index contributed by atoms with van der Waals surface area (Å²) in [5.41, 5.74) is 0.0379. The van der Waals surface area contributed by atoms with Crippen molar-refractivity contribution < 1.29 is 27.8 Å². The molecule has 0 saturated heterocycles. The van der Waals surface area contributed by atoms with Gasteiger partial charge in [0.2, 0.25) is 0 Å². The number of aryl methyl sites for hydroxylation is 1. The van der Waals surface area contributed by atoms with E-state index in [1.165, 1.54) is 24.3 Å². The van der Waals surface area contributed by atoms with Crippen molar-refractivity contribution in [2.24, 2.45) is 7.05 Å². The fourth-order valence-corrected chi connectivity index (χ4v) is 2.59. The van der Waals surface area contributed by atoms with Crippen molar-refractivity contribution in [2.45, 2.75) is 12.6 Å². The molecule has 30 heavy (non-hydrogen) atoms. The molecule has 3 aromatic rings. The molecule has 2 heterocycles. The smallest absolute Gasteiger partial charge is 0.416 e. The highest BCUT2D eigenvalue weighted by molar-refractivity contribution is 5.93.